The third-order valence-electron chi connectivity index (χ3n) is 11.2. The van der Waals surface area contributed by atoms with Crippen LogP contribution in [0.2, 0.25) is 0 Å². The molecule has 0 unspecified atom stereocenters. The molecular weight excluding hydrogens is 699 g/mol. The van der Waals surface area contributed by atoms with Crippen LogP contribution in [0, 0.1) is 0 Å². The summed E-state index contributed by atoms with van der Waals surface area (Å²) in [6.45, 7) is 0. The van der Waals surface area contributed by atoms with Gasteiger partial charge in [-0.25, -0.2) is 9.97 Å². The Morgan fingerprint density at radius 1 is 0.368 bits per heavy atom. The molecule has 5 nitrogen and oxygen atoms in total. The van der Waals surface area contributed by atoms with Gasteiger partial charge in [-0.1, -0.05) is 140 Å². The van der Waals surface area contributed by atoms with Crippen molar-refractivity contribution >= 4 is 65.8 Å². The van der Waals surface area contributed by atoms with Gasteiger partial charge in [0.25, 0.3) is 0 Å². The summed E-state index contributed by atoms with van der Waals surface area (Å²) in [5.74, 6) is 0.647. The number of fused-ring (bicyclic) bond motifs is 9. The van der Waals surface area contributed by atoms with Crippen LogP contribution in [0.5, 0.6) is 0 Å². The SMILES string of the molecule is c1ccc(-c2nc(-c3cc(-c4ccccc4)c(-n4c5ccccc5c5cc6c(cc54)oc4ccccc46)c(-c4ccccc4)c3)c3oc4ccccc4c3n2)cc1. The molecule has 4 heterocycles. The number of benzene rings is 8. The van der Waals surface area contributed by atoms with E-state index in [0.29, 0.717) is 11.4 Å². The predicted molar refractivity (Wildman–Crippen MR) is 233 cm³/mol. The third kappa shape index (κ3) is 4.89. The highest BCUT2D eigenvalue weighted by atomic mass is 16.3. The largest absolute Gasteiger partial charge is 0.456 e. The molecule has 266 valence electrons. The van der Waals surface area contributed by atoms with E-state index in [1.165, 1.54) is 10.8 Å². The Kier molecular flexibility index (Phi) is 6.86. The molecule has 0 saturated heterocycles. The second kappa shape index (κ2) is 12.4. The average molecular weight is 730 g/mol. The lowest BCUT2D eigenvalue weighted by atomic mass is 9.91. The molecular formula is C52H31N3O2. The molecule has 0 N–H and O–H groups in total. The first-order chi connectivity index (χ1) is 28.3. The van der Waals surface area contributed by atoms with Crippen LogP contribution >= 0.6 is 0 Å². The highest BCUT2D eigenvalue weighted by Gasteiger charge is 2.25. The number of aromatic nitrogens is 3. The molecule has 0 bridgehead atoms. The van der Waals surface area contributed by atoms with Crippen molar-refractivity contribution in [2.45, 2.75) is 0 Å². The maximum atomic E-state index is 6.66. The lowest BCUT2D eigenvalue weighted by Gasteiger charge is -2.21. The smallest absolute Gasteiger partial charge is 0.180 e. The summed E-state index contributed by atoms with van der Waals surface area (Å²) in [4.78, 5) is 10.5. The molecule has 0 aliphatic heterocycles. The molecule has 0 aliphatic rings. The minimum Gasteiger partial charge on any atom is -0.456 e. The number of nitrogens with zero attached hydrogens (tertiary/aromatic N) is 3. The normalized spacial score (nSPS) is 11.9. The van der Waals surface area contributed by atoms with Crippen LogP contribution in [0.1, 0.15) is 0 Å². The Hall–Kier alpha value is -7.76. The summed E-state index contributed by atoms with van der Waals surface area (Å²) in [6, 6.07) is 65.7. The fourth-order valence-electron chi connectivity index (χ4n) is 8.62. The van der Waals surface area contributed by atoms with Crippen molar-refractivity contribution in [3.63, 3.8) is 0 Å². The minimum atomic E-state index is 0.647. The molecule has 4 aromatic heterocycles. The van der Waals surface area contributed by atoms with Crippen LogP contribution in [0.3, 0.4) is 0 Å². The summed E-state index contributed by atoms with van der Waals surface area (Å²) in [5.41, 5.74) is 14.1. The number of hydrogen-bond donors (Lipinski definition) is 0. The van der Waals surface area contributed by atoms with Crippen molar-refractivity contribution in [2.24, 2.45) is 0 Å². The van der Waals surface area contributed by atoms with Gasteiger partial charge >= 0.3 is 0 Å². The van der Waals surface area contributed by atoms with Crippen molar-refractivity contribution in [2.75, 3.05) is 0 Å². The Morgan fingerprint density at radius 3 is 1.61 bits per heavy atom. The van der Waals surface area contributed by atoms with Gasteiger partial charge in [0.05, 0.1) is 16.7 Å². The van der Waals surface area contributed by atoms with Crippen molar-refractivity contribution in [3.05, 3.63) is 188 Å². The molecule has 57 heavy (non-hydrogen) atoms. The topological polar surface area (TPSA) is 57.0 Å². The summed E-state index contributed by atoms with van der Waals surface area (Å²) >= 11 is 0. The van der Waals surface area contributed by atoms with Gasteiger partial charge in [-0.15, -0.1) is 0 Å². The molecule has 0 radical (unpaired) electrons. The Morgan fingerprint density at radius 2 is 0.930 bits per heavy atom. The first-order valence-corrected chi connectivity index (χ1v) is 19.2. The van der Waals surface area contributed by atoms with E-state index in [1.54, 1.807) is 0 Å². The second-order valence-electron chi connectivity index (χ2n) is 14.5. The van der Waals surface area contributed by atoms with Crippen LogP contribution < -0.4 is 0 Å². The first kappa shape index (κ1) is 31.6. The van der Waals surface area contributed by atoms with Gasteiger partial charge in [-0.2, -0.15) is 0 Å². The maximum absolute atomic E-state index is 6.66. The van der Waals surface area contributed by atoms with Gasteiger partial charge in [0.2, 0.25) is 0 Å². The predicted octanol–water partition coefficient (Wildman–Crippen LogP) is 14.0. The average Bonchev–Trinajstić information content (AvgIpc) is 3.95. The van der Waals surface area contributed by atoms with Crippen LogP contribution in [-0.2, 0) is 0 Å². The van der Waals surface area contributed by atoms with Crippen LogP contribution in [-0.4, -0.2) is 14.5 Å². The third-order valence-corrected chi connectivity index (χ3v) is 11.2. The van der Waals surface area contributed by atoms with E-state index < -0.39 is 0 Å². The molecule has 0 fully saturated rings. The summed E-state index contributed by atoms with van der Waals surface area (Å²) in [7, 11) is 0. The highest BCUT2D eigenvalue weighted by molar-refractivity contribution is 6.18. The fourth-order valence-corrected chi connectivity index (χ4v) is 8.62. The van der Waals surface area contributed by atoms with Crippen molar-refractivity contribution in [3.8, 4) is 50.6 Å². The van der Waals surface area contributed by atoms with Crippen LogP contribution in [0.4, 0.5) is 0 Å². The number of furan rings is 2. The minimum absolute atomic E-state index is 0.647. The van der Waals surface area contributed by atoms with Gasteiger partial charge < -0.3 is 13.4 Å². The number of rotatable bonds is 5. The van der Waals surface area contributed by atoms with Gasteiger partial charge in [-0.3, -0.25) is 0 Å². The van der Waals surface area contributed by atoms with Crippen molar-refractivity contribution in [1.82, 2.24) is 14.5 Å². The van der Waals surface area contributed by atoms with Crippen LogP contribution in [0.15, 0.2) is 197 Å². The van der Waals surface area contributed by atoms with Gasteiger partial charge in [-0.05, 0) is 53.6 Å². The molecule has 5 heteroatoms. The molecule has 12 rings (SSSR count). The molecule has 0 spiro atoms. The van der Waals surface area contributed by atoms with E-state index in [4.69, 9.17) is 18.8 Å². The monoisotopic (exact) mass is 729 g/mol. The van der Waals surface area contributed by atoms with E-state index in [-0.39, 0.29) is 0 Å². The van der Waals surface area contributed by atoms with Crippen molar-refractivity contribution in [1.29, 1.82) is 0 Å². The molecule has 0 amide bonds. The fraction of sp³-hybridized carbons (Fsp3) is 0. The Labute approximate surface area is 326 Å². The molecule has 12 aromatic rings. The van der Waals surface area contributed by atoms with E-state index in [1.807, 2.05) is 48.5 Å². The second-order valence-corrected chi connectivity index (χ2v) is 14.5. The first-order valence-electron chi connectivity index (χ1n) is 19.2. The van der Waals surface area contributed by atoms with Gasteiger partial charge in [0.1, 0.15) is 28.0 Å². The van der Waals surface area contributed by atoms with Gasteiger partial charge in [0.15, 0.2) is 11.4 Å². The quantitative estimate of drug-likeness (QED) is 0.177. The highest BCUT2D eigenvalue weighted by Crippen LogP contribution is 2.46. The van der Waals surface area contributed by atoms with Gasteiger partial charge in [0, 0.05) is 55.3 Å². The zero-order valence-electron chi connectivity index (χ0n) is 30.6. The number of hydrogen-bond acceptors (Lipinski definition) is 4. The summed E-state index contributed by atoms with van der Waals surface area (Å²) < 4.78 is 15.6. The molecule has 0 aliphatic carbocycles. The van der Waals surface area contributed by atoms with Crippen molar-refractivity contribution < 1.29 is 8.83 Å². The summed E-state index contributed by atoms with van der Waals surface area (Å²) in [5, 5.41) is 5.52. The Balaban J connectivity index is 1.24. The lowest BCUT2D eigenvalue weighted by Crippen LogP contribution is -2.02. The van der Waals surface area contributed by atoms with E-state index in [0.717, 1.165) is 94.2 Å². The molecule has 0 saturated carbocycles. The Bertz CT molecular complexity index is 3450. The standard InChI is InChI=1S/C52H31N3O2/c1-4-16-32(17-5-1)39-28-35(48-51-49(38-24-12-15-27-46(38)57-51)54-52(53-48)34-20-8-3-9-21-34)29-40(33-18-6-2-7-19-33)50(39)55-43-25-13-10-22-36(43)41-30-42-37-23-11-14-26-45(37)56-47(42)31-44(41)55/h1-31H. The maximum Gasteiger partial charge on any atom is 0.180 e. The summed E-state index contributed by atoms with van der Waals surface area (Å²) in [6.07, 6.45) is 0. The molecule has 0 atom stereocenters. The molecule has 8 aromatic carbocycles. The van der Waals surface area contributed by atoms with E-state index >= 15 is 0 Å². The zero-order valence-corrected chi connectivity index (χ0v) is 30.6. The van der Waals surface area contributed by atoms with E-state index in [2.05, 4.69) is 144 Å². The van der Waals surface area contributed by atoms with Crippen LogP contribution in [0.25, 0.3) is 116 Å². The van der Waals surface area contributed by atoms with E-state index in [9.17, 15) is 0 Å². The number of para-hydroxylation sites is 3. The zero-order chi connectivity index (χ0) is 37.5. The lowest BCUT2D eigenvalue weighted by molar-refractivity contribution is 0.667.